The molecule has 0 aliphatic rings. The van der Waals surface area contributed by atoms with Gasteiger partial charge in [0.25, 0.3) is 5.91 Å². The second kappa shape index (κ2) is 7.26. The minimum atomic E-state index is -0.319. The van der Waals surface area contributed by atoms with E-state index >= 15 is 0 Å². The molecule has 116 valence electrons. The molecule has 0 aliphatic heterocycles. The lowest BCUT2D eigenvalue weighted by atomic mass is 10.2. The van der Waals surface area contributed by atoms with Crippen LogP contribution in [0.15, 0.2) is 44.3 Å². The van der Waals surface area contributed by atoms with Gasteiger partial charge in [0.1, 0.15) is 17.3 Å². The number of furan rings is 1. The number of hydrogen-bond donors (Lipinski definition) is 1. The van der Waals surface area contributed by atoms with Crippen LogP contribution in [-0.4, -0.2) is 18.2 Å². The van der Waals surface area contributed by atoms with Crippen molar-refractivity contribution >= 4 is 27.5 Å². The summed E-state index contributed by atoms with van der Waals surface area (Å²) in [6.45, 7) is 5.45. The van der Waals surface area contributed by atoms with Crippen LogP contribution in [0, 0.1) is 13.8 Å². The Morgan fingerprint density at radius 3 is 2.59 bits per heavy atom. The maximum Gasteiger partial charge on any atom is 0.277 e. The molecule has 2 aromatic rings. The zero-order valence-electron chi connectivity index (χ0n) is 12.6. The zero-order valence-corrected chi connectivity index (χ0v) is 14.2. The largest absolute Gasteiger partial charge is 0.484 e. The highest BCUT2D eigenvalue weighted by molar-refractivity contribution is 9.10. The van der Waals surface area contributed by atoms with Crippen LogP contribution in [0.4, 0.5) is 0 Å². The molecule has 1 aromatic heterocycles. The molecule has 2 rings (SSSR count). The number of carbonyl (C=O) groups excluding carboxylic acids is 1. The van der Waals surface area contributed by atoms with E-state index in [1.54, 1.807) is 12.1 Å². The van der Waals surface area contributed by atoms with Gasteiger partial charge < -0.3 is 9.15 Å². The molecule has 6 heteroatoms. The van der Waals surface area contributed by atoms with Gasteiger partial charge in [-0.3, -0.25) is 4.79 Å². The highest BCUT2D eigenvalue weighted by Gasteiger charge is 2.08. The van der Waals surface area contributed by atoms with Crippen molar-refractivity contribution in [3.8, 4) is 5.75 Å². The maximum atomic E-state index is 11.7. The third-order valence-electron chi connectivity index (χ3n) is 2.96. The average molecular weight is 365 g/mol. The molecule has 0 unspecified atom stereocenters. The van der Waals surface area contributed by atoms with Gasteiger partial charge in [-0.05, 0) is 51.1 Å². The van der Waals surface area contributed by atoms with Gasteiger partial charge in [0.15, 0.2) is 6.61 Å². The quantitative estimate of drug-likeness (QED) is 0.651. The van der Waals surface area contributed by atoms with E-state index in [4.69, 9.17) is 9.15 Å². The van der Waals surface area contributed by atoms with Crippen LogP contribution in [0.3, 0.4) is 0 Å². The molecule has 0 spiro atoms. The minimum Gasteiger partial charge on any atom is -0.484 e. The summed E-state index contributed by atoms with van der Waals surface area (Å²) in [6.07, 6.45) is 0. The molecule has 0 bridgehead atoms. The second-order valence-corrected chi connectivity index (χ2v) is 5.72. The summed E-state index contributed by atoms with van der Waals surface area (Å²) in [5.41, 5.74) is 4.04. The van der Waals surface area contributed by atoms with Crippen LogP contribution >= 0.6 is 15.9 Å². The monoisotopic (exact) mass is 364 g/mol. The van der Waals surface area contributed by atoms with Crippen molar-refractivity contribution < 1.29 is 13.9 Å². The number of benzene rings is 1. The van der Waals surface area contributed by atoms with E-state index in [1.807, 2.05) is 39.0 Å². The first-order valence-corrected chi connectivity index (χ1v) is 7.54. The summed E-state index contributed by atoms with van der Waals surface area (Å²) >= 11 is 3.34. The number of rotatable bonds is 5. The Hall–Kier alpha value is -2.08. The minimum absolute atomic E-state index is 0.0954. The molecule has 1 heterocycles. The Morgan fingerprint density at radius 2 is 2.00 bits per heavy atom. The Bertz CT molecular complexity index is 690. The predicted octanol–water partition coefficient (Wildman–Crippen LogP) is 3.58. The topological polar surface area (TPSA) is 63.8 Å². The average Bonchev–Trinajstić information content (AvgIpc) is 2.83. The summed E-state index contributed by atoms with van der Waals surface area (Å²) in [4.78, 5) is 11.7. The summed E-state index contributed by atoms with van der Waals surface area (Å²) in [5, 5.41) is 4.06. The number of carbonyl (C=O) groups is 1. The molecule has 22 heavy (non-hydrogen) atoms. The van der Waals surface area contributed by atoms with E-state index in [1.165, 1.54) is 0 Å². The fourth-order valence-corrected chi connectivity index (χ4v) is 2.17. The van der Waals surface area contributed by atoms with Crippen LogP contribution in [0.2, 0.25) is 0 Å². The number of halogens is 1. The lowest BCUT2D eigenvalue weighted by molar-refractivity contribution is -0.123. The smallest absolute Gasteiger partial charge is 0.277 e. The molecule has 0 aliphatic carbocycles. The fourth-order valence-electron chi connectivity index (χ4n) is 1.91. The molecule has 0 saturated carbocycles. The first kappa shape index (κ1) is 16.3. The van der Waals surface area contributed by atoms with Crippen molar-refractivity contribution in [1.82, 2.24) is 5.43 Å². The van der Waals surface area contributed by atoms with E-state index in [2.05, 4.69) is 26.5 Å². The van der Waals surface area contributed by atoms with Crippen molar-refractivity contribution in [2.75, 3.05) is 6.61 Å². The van der Waals surface area contributed by atoms with Gasteiger partial charge >= 0.3 is 0 Å². The third-order valence-corrected chi connectivity index (χ3v) is 3.49. The molecule has 0 atom stereocenters. The van der Waals surface area contributed by atoms with Gasteiger partial charge in [-0.15, -0.1) is 0 Å². The molecule has 0 saturated heterocycles. The van der Waals surface area contributed by atoms with Crippen molar-refractivity contribution in [3.63, 3.8) is 0 Å². The number of aryl methyl sites for hydroxylation is 2. The van der Waals surface area contributed by atoms with Crippen LogP contribution in [-0.2, 0) is 4.79 Å². The van der Waals surface area contributed by atoms with Crippen LogP contribution < -0.4 is 10.2 Å². The number of nitrogens with one attached hydrogen (secondary N) is 1. The van der Waals surface area contributed by atoms with Gasteiger partial charge in [0.2, 0.25) is 0 Å². The van der Waals surface area contributed by atoms with Crippen molar-refractivity contribution in [3.05, 3.63) is 51.9 Å². The number of hydrogen-bond acceptors (Lipinski definition) is 4. The highest BCUT2D eigenvalue weighted by atomic mass is 79.9. The lowest BCUT2D eigenvalue weighted by Gasteiger charge is -2.05. The number of ether oxygens (including phenoxy) is 1. The van der Waals surface area contributed by atoms with Crippen molar-refractivity contribution in [2.45, 2.75) is 20.8 Å². The summed E-state index contributed by atoms with van der Waals surface area (Å²) in [6, 6.07) is 9.14. The van der Waals surface area contributed by atoms with E-state index in [0.29, 0.717) is 11.5 Å². The summed E-state index contributed by atoms with van der Waals surface area (Å²) in [7, 11) is 0. The van der Waals surface area contributed by atoms with E-state index < -0.39 is 0 Å². The Labute approximate surface area is 137 Å². The van der Waals surface area contributed by atoms with Gasteiger partial charge in [0.05, 0.1) is 5.71 Å². The zero-order chi connectivity index (χ0) is 16.1. The molecule has 5 nitrogen and oxygen atoms in total. The predicted molar refractivity (Wildman–Crippen MR) is 88.2 cm³/mol. The third kappa shape index (κ3) is 4.46. The molecular formula is C16H17BrN2O3. The second-order valence-electron chi connectivity index (χ2n) is 4.80. The summed E-state index contributed by atoms with van der Waals surface area (Å²) in [5.74, 6) is 1.89. The van der Waals surface area contributed by atoms with Crippen molar-refractivity contribution in [1.29, 1.82) is 0 Å². The highest BCUT2D eigenvalue weighted by Crippen LogP contribution is 2.16. The van der Waals surface area contributed by atoms with E-state index in [0.717, 1.165) is 21.6 Å². The van der Waals surface area contributed by atoms with Crippen LogP contribution in [0.5, 0.6) is 5.75 Å². The SMILES string of the molecule is C/C(=N/NC(=O)COc1ccc(Br)cc1)c1cc(C)oc1C. The number of amides is 1. The van der Waals surface area contributed by atoms with Crippen molar-refractivity contribution in [2.24, 2.45) is 5.10 Å². The van der Waals surface area contributed by atoms with Gasteiger partial charge in [-0.2, -0.15) is 5.10 Å². The van der Waals surface area contributed by atoms with Gasteiger partial charge in [-0.1, -0.05) is 15.9 Å². The standard InChI is InChI=1S/C16H17BrN2O3/c1-10-8-15(12(3)22-10)11(2)18-19-16(20)9-21-14-6-4-13(17)5-7-14/h4-8H,9H2,1-3H3,(H,19,20)/b18-11-. The Balaban J connectivity index is 1.88. The number of hydrazone groups is 1. The van der Waals surface area contributed by atoms with Gasteiger partial charge in [-0.25, -0.2) is 5.43 Å². The first-order valence-electron chi connectivity index (χ1n) is 6.74. The van der Waals surface area contributed by atoms with Crippen LogP contribution in [0.1, 0.15) is 24.0 Å². The van der Waals surface area contributed by atoms with E-state index in [9.17, 15) is 4.79 Å². The molecule has 1 amide bonds. The molecular weight excluding hydrogens is 348 g/mol. The molecule has 1 N–H and O–H groups in total. The molecule has 1 aromatic carbocycles. The number of nitrogens with zero attached hydrogens (tertiary/aromatic N) is 1. The van der Waals surface area contributed by atoms with E-state index in [-0.39, 0.29) is 12.5 Å². The van der Waals surface area contributed by atoms with Gasteiger partial charge in [0, 0.05) is 10.0 Å². The van der Waals surface area contributed by atoms with Crippen LogP contribution in [0.25, 0.3) is 0 Å². The molecule has 0 radical (unpaired) electrons. The first-order chi connectivity index (χ1) is 10.5. The lowest BCUT2D eigenvalue weighted by Crippen LogP contribution is -2.25. The molecule has 0 fully saturated rings. The maximum absolute atomic E-state index is 11.7. The Kier molecular flexibility index (Phi) is 5.38. The fraction of sp³-hybridized carbons (Fsp3) is 0.250. The Morgan fingerprint density at radius 1 is 1.32 bits per heavy atom. The normalized spacial score (nSPS) is 11.4. The summed E-state index contributed by atoms with van der Waals surface area (Å²) < 4.78 is 11.8.